The fourth-order valence-electron chi connectivity index (χ4n) is 2.44. The zero-order valence-electron chi connectivity index (χ0n) is 11.8. The van der Waals surface area contributed by atoms with Crippen LogP contribution in [0.15, 0.2) is 12.7 Å². The van der Waals surface area contributed by atoms with Gasteiger partial charge in [-0.05, 0) is 0 Å². The van der Waals surface area contributed by atoms with E-state index in [0.29, 0.717) is 18.3 Å². The predicted molar refractivity (Wildman–Crippen MR) is 76.8 cm³/mol. The first-order valence-electron chi connectivity index (χ1n) is 6.97. The maximum Gasteiger partial charge on any atom is 0.182 e. The summed E-state index contributed by atoms with van der Waals surface area (Å²) < 4.78 is 5.61. The summed E-state index contributed by atoms with van der Waals surface area (Å²) in [4.78, 5) is 18.2. The maximum atomic E-state index is 5.61. The quantitative estimate of drug-likeness (QED) is 0.849. The molecule has 0 aliphatic carbocycles. The Hall–Kier alpha value is -1.73. The maximum absolute atomic E-state index is 5.61. The van der Waals surface area contributed by atoms with E-state index < -0.39 is 0 Å². The number of hydrogen-bond donors (Lipinski definition) is 2. The third-order valence-corrected chi connectivity index (χ3v) is 3.46. The van der Waals surface area contributed by atoms with Crippen molar-refractivity contribution < 1.29 is 4.74 Å². The van der Waals surface area contributed by atoms with E-state index >= 15 is 0 Å². The van der Waals surface area contributed by atoms with Gasteiger partial charge >= 0.3 is 0 Å². The molecule has 1 unspecified atom stereocenters. The van der Waals surface area contributed by atoms with Crippen LogP contribution in [0.3, 0.4) is 0 Å². The molecular formula is C13H20N6O. The van der Waals surface area contributed by atoms with Gasteiger partial charge in [0.05, 0.1) is 25.6 Å². The van der Waals surface area contributed by atoms with E-state index in [1.165, 1.54) is 0 Å². The number of H-pyrrole nitrogens is 1. The number of aromatic nitrogens is 4. The van der Waals surface area contributed by atoms with Crippen molar-refractivity contribution in [1.29, 1.82) is 0 Å². The normalized spacial score (nSPS) is 19.9. The minimum absolute atomic E-state index is 0.271. The zero-order chi connectivity index (χ0) is 13.9. The lowest BCUT2D eigenvalue weighted by atomic mass is 10.2. The minimum Gasteiger partial charge on any atom is -0.377 e. The van der Waals surface area contributed by atoms with Crippen molar-refractivity contribution in [3.8, 4) is 0 Å². The van der Waals surface area contributed by atoms with Gasteiger partial charge in [-0.1, -0.05) is 13.8 Å². The van der Waals surface area contributed by atoms with Crippen LogP contribution < -0.4 is 10.2 Å². The van der Waals surface area contributed by atoms with Gasteiger partial charge in [0.1, 0.15) is 11.8 Å². The van der Waals surface area contributed by atoms with Crippen molar-refractivity contribution in [3.63, 3.8) is 0 Å². The number of ether oxygens (including phenoxy) is 1. The smallest absolute Gasteiger partial charge is 0.182 e. The Bertz CT molecular complexity index is 569. The van der Waals surface area contributed by atoms with Crippen molar-refractivity contribution in [2.45, 2.75) is 25.9 Å². The van der Waals surface area contributed by atoms with Gasteiger partial charge in [0, 0.05) is 19.1 Å². The average Bonchev–Trinajstić information content (AvgIpc) is 2.93. The van der Waals surface area contributed by atoms with Crippen LogP contribution in [0.5, 0.6) is 0 Å². The first kappa shape index (κ1) is 13.3. The van der Waals surface area contributed by atoms with Gasteiger partial charge in [-0.3, -0.25) is 0 Å². The Labute approximate surface area is 117 Å². The lowest BCUT2D eigenvalue weighted by molar-refractivity contribution is 0.0929. The first-order valence-corrected chi connectivity index (χ1v) is 6.97. The summed E-state index contributed by atoms with van der Waals surface area (Å²) in [5, 5.41) is 3.47. The summed E-state index contributed by atoms with van der Waals surface area (Å²) in [5.41, 5.74) is 1.60. The van der Waals surface area contributed by atoms with Gasteiger partial charge in [-0.15, -0.1) is 0 Å². The second-order valence-electron chi connectivity index (χ2n) is 5.28. The van der Waals surface area contributed by atoms with Crippen LogP contribution in [-0.4, -0.2) is 58.3 Å². The van der Waals surface area contributed by atoms with Crippen LogP contribution in [0, 0.1) is 0 Å². The van der Waals surface area contributed by atoms with Crippen molar-refractivity contribution in [1.82, 2.24) is 25.3 Å². The molecule has 108 valence electrons. The number of aromatic amines is 1. The van der Waals surface area contributed by atoms with E-state index in [2.05, 4.69) is 44.0 Å². The summed E-state index contributed by atoms with van der Waals surface area (Å²) in [5.74, 6) is 0.909. The molecule has 0 radical (unpaired) electrons. The monoisotopic (exact) mass is 276 g/mol. The number of fused-ring (bicyclic) bond motifs is 1. The molecule has 7 heteroatoms. The SMILES string of the molecule is CC(C)NCC1COCCN1c1ncnc2nc[nH]c12. The molecule has 1 saturated heterocycles. The van der Waals surface area contributed by atoms with Gasteiger partial charge < -0.3 is 19.9 Å². The van der Waals surface area contributed by atoms with Gasteiger partial charge in [0.25, 0.3) is 0 Å². The van der Waals surface area contributed by atoms with E-state index in [0.717, 1.165) is 31.0 Å². The summed E-state index contributed by atoms with van der Waals surface area (Å²) in [6.07, 6.45) is 3.23. The molecule has 1 aliphatic heterocycles. The molecule has 0 aromatic carbocycles. The molecule has 2 aromatic rings. The number of hydrogen-bond acceptors (Lipinski definition) is 6. The van der Waals surface area contributed by atoms with Gasteiger partial charge in [-0.2, -0.15) is 0 Å². The van der Waals surface area contributed by atoms with Crippen LogP contribution in [0.2, 0.25) is 0 Å². The highest BCUT2D eigenvalue weighted by atomic mass is 16.5. The molecule has 7 nitrogen and oxygen atoms in total. The molecule has 3 rings (SSSR count). The summed E-state index contributed by atoms with van der Waals surface area (Å²) in [6, 6.07) is 0.726. The number of nitrogens with zero attached hydrogens (tertiary/aromatic N) is 4. The molecular weight excluding hydrogens is 256 g/mol. The third kappa shape index (κ3) is 2.59. The molecule has 1 aliphatic rings. The van der Waals surface area contributed by atoms with Crippen LogP contribution in [0.25, 0.3) is 11.2 Å². The second kappa shape index (κ2) is 5.72. The van der Waals surface area contributed by atoms with E-state index in [9.17, 15) is 0 Å². The number of anilines is 1. The number of rotatable bonds is 4. The summed E-state index contributed by atoms with van der Waals surface area (Å²) in [6.45, 7) is 7.42. The van der Waals surface area contributed by atoms with Crippen molar-refractivity contribution >= 4 is 17.0 Å². The van der Waals surface area contributed by atoms with Crippen LogP contribution in [0.1, 0.15) is 13.8 Å². The Morgan fingerprint density at radius 1 is 1.45 bits per heavy atom. The molecule has 1 fully saturated rings. The molecule has 2 aromatic heterocycles. The summed E-state index contributed by atoms with van der Waals surface area (Å²) in [7, 11) is 0. The number of morpholine rings is 1. The van der Waals surface area contributed by atoms with Gasteiger partial charge in [0.2, 0.25) is 0 Å². The highest BCUT2D eigenvalue weighted by molar-refractivity contribution is 5.82. The Morgan fingerprint density at radius 3 is 3.20 bits per heavy atom. The van der Waals surface area contributed by atoms with Crippen molar-refractivity contribution in [2.75, 3.05) is 31.2 Å². The fraction of sp³-hybridized carbons (Fsp3) is 0.615. The number of imidazole rings is 1. The third-order valence-electron chi connectivity index (χ3n) is 3.46. The van der Waals surface area contributed by atoms with E-state index in [1.807, 2.05) is 0 Å². The largest absolute Gasteiger partial charge is 0.377 e. The molecule has 0 spiro atoms. The molecule has 2 N–H and O–H groups in total. The number of nitrogens with one attached hydrogen (secondary N) is 2. The Kier molecular flexibility index (Phi) is 3.79. The van der Waals surface area contributed by atoms with Crippen LogP contribution >= 0.6 is 0 Å². The summed E-state index contributed by atoms with van der Waals surface area (Å²) >= 11 is 0. The van der Waals surface area contributed by atoms with Crippen LogP contribution in [-0.2, 0) is 4.74 Å². The predicted octanol–water partition coefficient (Wildman–Crippen LogP) is 0.556. The topological polar surface area (TPSA) is 79.0 Å². The van der Waals surface area contributed by atoms with E-state index in [1.54, 1.807) is 12.7 Å². The van der Waals surface area contributed by atoms with Crippen molar-refractivity contribution in [2.24, 2.45) is 0 Å². The Balaban J connectivity index is 1.87. The highest BCUT2D eigenvalue weighted by Crippen LogP contribution is 2.23. The molecule has 0 bridgehead atoms. The van der Waals surface area contributed by atoms with E-state index in [-0.39, 0.29) is 6.04 Å². The van der Waals surface area contributed by atoms with Crippen molar-refractivity contribution in [3.05, 3.63) is 12.7 Å². The lowest BCUT2D eigenvalue weighted by Gasteiger charge is -2.37. The van der Waals surface area contributed by atoms with Crippen LogP contribution in [0.4, 0.5) is 5.82 Å². The lowest BCUT2D eigenvalue weighted by Crippen LogP contribution is -2.51. The second-order valence-corrected chi connectivity index (χ2v) is 5.28. The standard InChI is InChI=1S/C13H20N6O/c1-9(2)14-5-10-6-20-4-3-19(10)13-11-12(16-7-15-11)17-8-18-13/h7-10,14H,3-6H2,1-2H3,(H,15,16,17,18). The molecule has 0 amide bonds. The molecule has 1 atom stereocenters. The highest BCUT2D eigenvalue weighted by Gasteiger charge is 2.26. The minimum atomic E-state index is 0.271. The molecule has 20 heavy (non-hydrogen) atoms. The zero-order valence-corrected chi connectivity index (χ0v) is 11.8. The van der Waals surface area contributed by atoms with E-state index in [4.69, 9.17) is 4.74 Å². The average molecular weight is 276 g/mol. The van der Waals surface area contributed by atoms with Gasteiger partial charge in [-0.25, -0.2) is 15.0 Å². The molecule has 3 heterocycles. The molecule has 0 saturated carbocycles. The Morgan fingerprint density at radius 2 is 2.35 bits per heavy atom. The van der Waals surface area contributed by atoms with Gasteiger partial charge in [0.15, 0.2) is 11.5 Å². The first-order chi connectivity index (χ1) is 9.75. The fourth-order valence-corrected chi connectivity index (χ4v) is 2.44.